The zero-order valence-electron chi connectivity index (χ0n) is 13.3. The molecule has 0 aliphatic rings. The minimum atomic E-state index is -0.0619. The number of nitriles is 1. The van der Waals surface area contributed by atoms with Gasteiger partial charge < -0.3 is 5.32 Å². The molecule has 1 amide bonds. The number of carbonyl (C=O) groups excluding carboxylic acids is 1. The smallest absolute Gasteiger partial charge is 0.230 e. The zero-order valence-corrected chi connectivity index (χ0v) is 15.0. The van der Waals surface area contributed by atoms with Crippen LogP contribution in [-0.2, 0) is 11.2 Å². The van der Waals surface area contributed by atoms with Gasteiger partial charge in [-0.05, 0) is 31.9 Å². The molecule has 0 unspecified atom stereocenters. The molecule has 0 aliphatic heterocycles. The van der Waals surface area contributed by atoms with Gasteiger partial charge in [0.1, 0.15) is 11.1 Å². The van der Waals surface area contributed by atoms with Crippen molar-refractivity contribution in [3.05, 3.63) is 39.0 Å². The molecule has 0 atom stereocenters. The molecule has 2 aromatic rings. The van der Waals surface area contributed by atoms with Gasteiger partial charge in [0.05, 0.1) is 16.3 Å². The molecule has 7 heteroatoms. The maximum Gasteiger partial charge on any atom is 0.230 e. The molecule has 2 rings (SSSR count). The zero-order chi connectivity index (χ0) is 16.8. The Labute approximate surface area is 144 Å². The van der Waals surface area contributed by atoms with Gasteiger partial charge in [0.2, 0.25) is 5.91 Å². The van der Waals surface area contributed by atoms with Gasteiger partial charge in [-0.1, -0.05) is 11.8 Å². The molecule has 0 aliphatic carbocycles. The molecule has 0 aromatic carbocycles. The van der Waals surface area contributed by atoms with E-state index in [9.17, 15) is 10.1 Å². The van der Waals surface area contributed by atoms with E-state index in [1.54, 1.807) is 17.5 Å². The lowest BCUT2D eigenvalue weighted by Crippen LogP contribution is -2.27. The molecular formula is C16H18N4OS2. The highest BCUT2D eigenvalue weighted by atomic mass is 32.2. The van der Waals surface area contributed by atoms with E-state index < -0.39 is 0 Å². The number of nitrogens with one attached hydrogen (secondary N) is 1. The van der Waals surface area contributed by atoms with Crippen molar-refractivity contribution in [2.24, 2.45) is 0 Å². The van der Waals surface area contributed by atoms with E-state index in [1.165, 1.54) is 11.8 Å². The van der Waals surface area contributed by atoms with Crippen molar-refractivity contribution in [2.75, 3.05) is 12.3 Å². The summed E-state index contributed by atoms with van der Waals surface area (Å²) in [5.41, 5.74) is 3.42. The summed E-state index contributed by atoms with van der Waals surface area (Å²) in [6, 6.07) is 2.20. The van der Waals surface area contributed by atoms with Gasteiger partial charge in [-0.15, -0.1) is 11.3 Å². The Kier molecular flexibility index (Phi) is 6.13. The van der Waals surface area contributed by atoms with Gasteiger partial charge >= 0.3 is 0 Å². The maximum absolute atomic E-state index is 11.9. The highest BCUT2D eigenvalue weighted by Crippen LogP contribution is 2.26. The molecule has 0 spiro atoms. The van der Waals surface area contributed by atoms with E-state index >= 15 is 0 Å². The third-order valence-electron chi connectivity index (χ3n) is 3.56. The standard InChI is InChI=1S/C16H18N4OS2/c1-10-11(2)13(8-17)16(20-12(10)3)23-9-14(21)18-5-4-15-19-6-7-22-15/h6-7H,4-5,9H2,1-3H3,(H,18,21). The van der Waals surface area contributed by atoms with E-state index in [1.807, 2.05) is 26.2 Å². The number of amides is 1. The first-order valence-corrected chi connectivity index (χ1v) is 9.05. The van der Waals surface area contributed by atoms with Gasteiger partial charge in [0, 0.05) is 30.2 Å². The summed E-state index contributed by atoms with van der Waals surface area (Å²) in [7, 11) is 0. The second kappa shape index (κ2) is 8.09. The lowest BCUT2D eigenvalue weighted by Gasteiger charge is -2.11. The van der Waals surface area contributed by atoms with Crippen molar-refractivity contribution in [2.45, 2.75) is 32.2 Å². The van der Waals surface area contributed by atoms with Crippen LogP contribution in [0.4, 0.5) is 0 Å². The second-order valence-electron chi connectivity index (χ2n) is 5.05. The Morgan fingerprint density at radius 1 is 1.39 bits per heavy atom. The number of hydrogen-bond donors (Lipinski definition) is 1. The normalized spacial score (nSPS) is 10.3. The first kappa shape index (κ1) is 17.4. The number of nitrogens with zero attached hydrogens (tertiary/aromatic N) is 3. The first-order chi connectivity index (χ1) is 11.0. The van der Waals surface area contributed by atoms with Gasteiger partial charge in [-0.25, -0.2) is 9.97 Å². The Bertz CT molecular complexity index is 736. The van der Waals surface area contributed by atoms with Crippen LogP contribution in [-0.4, -0.2) is 28.2 Å². The number of hydrogen-bond acceptors (Lipinski definition) is 6. The van der Waals surface area contributed by atoms with E-state index in [0.29, 0.717) is 17.1 Å². The Morgan fingerprint density at radius 2 is 2.17 bits per heavy atom. The molecule has 5 nitrogen and oxygen atoms in total. The summed E-state index contributed by atoms with van der Waals surface area (Å²) < 4.78 is 0. The molecule has 0 saturated heterocycles. The van der Waals surface area contributed by atoms with Crippen molar-refractivity contribution < 1.29 is 4.79 Å². The predicted octanol–water partition coefficient (Wildman–Crippen LogP) is 2.79. The minimum absolute atomic E-state index is 0.0619. The van der Waals surface area contributed by atoms with Crippen molar-refractivity contribution in [3.63, 3.8) is 0 Å². The first-order valence-electron chi connectivity index (χ1n) is 7.18. The van der Waals surface area contributed by atoms with Gasteiger partial charge in [-0.3, -0.25) is 4.79 Å². The second-order valence-corrected chi connectivity index (χ2v) is 7.00. The lowest BCUT2D eigenvalue weighted by molar-refractivity contribution is -0.118. The lowest BCUT2D eigenvalue weighted by atomic mass is 10.1. The van der Waals surface area contributed by atoms with Gasteiger partial charge in [-0.2, -0.15) is 5.26 Å². The SMILES string of the molecule is Cc1nc(SCC(=O)NCCc2nccs2)c(C#N)c(C)c1C. The van der Waals surface area contributed by atoms with Gasteiger partial charge in [0.25, 0.3) is 0 Å². The van der Waals surface area contributed by atoms with Crippen LogP contribution in [0.5, 0.6) is 0 Å². The molecule has 120 valence electrons. The molecule has 0 bridgehead atoms. The number of aryl methyl sites for hydroxylation is 1. The molecule has 23 heavy (non-hydrogen) atoms. The molecular weight excluding hydrogens is 328 g/mol. The topological polar surface area (TPSA) is 78.7 Å². The third kappa shape index (κ3) is 4.53. The number of thiazole rings is 1. The number of pyridine rings is 1. The molecule has 0 saturated carbocycles. The van der Waals surface area contributed by atoms with Crippen LogP contribution < -0.4 is 5.32 Å². The quantitative estimate of drug-likeness (QED) is 0.814. The van der Waals surface area contributed by atoms with Crippen LogP contribution in [0.15, 0.2) is 16.6 Å². The molecule has 2 heterocycles. The minimum Gasteiger partial charge on any atom is -0.355 e. The van der Waals surface area contributed by atoms with Gasteiger partial charge in [0.15, 0.2) is 0 Å². The summed E-state index contributed by atoms with van der Waals surface area (Å²) in [4.78, 5) is 20.5. The molecule has 2 aromatic heterocycles. The average molecular weight is 346 g/mol. The van der Waals surface area contributed by atoms with E-state index in [2.05, 4.69) is 21.4 Å². The van der Waals surface area contributed by atoms with Crippen LogP contribution in [0.1, 0.15) is 27.4 Å². The number of rotatable bonds is 6. The highest BCUT2D eigenvalue weighted by Gasteiger charge is 2.14. The van der Waals surface area contributed by atoms with Crippen molar-refractivity contribution in [1.82, 2.24) is 15.3 Å². The van der Waals surface area contributed by atoms with Crippen LogP contribution in [0.25, 0.3) is 0 Å². The van der Waals surface area contributed by atoms with Crippen LogP contribution in [0.3, 0.4) is 0 Å². The fraction of sp³-hybridized carbons (Fsp3) is 0.375. The maximum atomic E-state index is 11.9. The van der Waals surface area contributed by atoms with Crippen LogP contribution in [0.2, 0.25) is 0 Å². The van der Waals surface area contributed by atoms with Crippen molar-refractivity contribution >= 4 is 29.0 Å². The molecule has 1 N–H and O–H groups in total. The van der Waals surface area contributed by atoms with Crippen LogP contribution in [0, 0.1) is 32.1 Å². The summed E-state index contributed by atoms with van der Waals surface area (Å²) in [6.07, 6.45) is 2.49. The summed E-state index contributed by atoms with van der Waals surface area (Å²) in [5, 5.41) is 15.7. The fourth-order valence-corrected chi connectivity index (χ4v) is 3.55. The monoisotopic (exact) mass is 346 g/mol. The summed E-state index contributed by atoms with van der Waals surface area (Å²) in [6.45, 7) is 6.36. The fourth-order valence-electron chi connectivity index (χ4n) is 2.02. The Balaban J connectivity index is 1.90. The largest absolute Gasteiger partial charge is 0.355 e. The number of carbonyl (C=O) groups is 1. The third-order valence-corrected chi connectivity index (χ3v) is 5.37. The van der Waals surface area contributed by atoms with E-state index in [0.717, 1.165) is 28.2 Å². The average Bonchev–Trinajstić information content (AvgIpc) is 3.04. The van der Waals surface area contributed by atoms with Crippen molar-refractivity contribution in [3.8, 4) is 6.07 Å². The molecule has 0 fully saturated rings. The highest BCUT2D eigenvalue weighted by molar-refractivity contribution is 8.00. The van der Waals surface area contributed by atoms with E-state index in [4.69, 9.17) is 0 Å². The number of aromatic nitrogens is 2. The predicted molar refractivity (Wildman–Crippen MR) is 92.7 cm³/mol. The summed E-state index contributed by atoms with van der Waals surface area (Å²) in [5.74, 6) is 0.190. The summed E-state index contributed by atoms with van der Waals surface area (Å²) >= 11 is 2.89. The van der Waals surface area contributed by atoms with Crippen molar-refractivity contribution in [1.29, 1.82) is 5.26 Å². The van der Waals surface area contributed by atoms with Crippen LogP contribution >= 0.6 is 23.1 Å². The Hall–Kier alpha value is -1.91. The molecule has 0 radical (unpaired) electrons. The van der Waals surface area contributed by atoms with E-state index in [-0.39, 0.29) is 11.7 Å². The Morgan fingerprint density at radius 3 is 2.83 bits per heavy atom. The number of thioether (sulfide) groups is 1.